The van der Waals surface area contributed by atoms with Crippen molar-refractivity contribution in [3.8, 4) is 23.0 Å². The average molecular weight is 1530 g/mol. The number of nitrogens with zero attached hydrogens (tertiary/aromatic N) is 4. The minimum atomic E-state index is -1.58. The summed E-state index contributed by atoms with van der Waals surface area (Å²) in [4.78, 5) is 104. The molecule has 1 fully saturated rings. The van der Waals surface area contributed by atoms with E-state index >= 15 is 0 Å². The number of allylic oxidation sites excluding steroid dienone is 4. The van der Waals surface area contributed by atoms with E-state index in [-0.39, 0.29) is 97.1 Å². The zero-order valence-electron chi connectivity index (χ0n) is 65.5. The quantitative estimate of drug-likeness (QED) is 0.0332. The van der Waals surface area contributed by atoms with Crippen LogP contribution in [0.4, 0.5) is 21.9 Å². The minimum Gasteiger partial charge on any atom is -0.493 e. The number of amides is 7. The fraction of sp³-hybridized carbons (Fsp3) is 0.590. The summed E-state index contributed by atoms with van der Waals surface area (Å²) >= 11 is 1.87. The maximum absolute atomic E-state index is 14.4. The van der Waals surface area contributed by atoms with Crippen LogP contribution in [0.1, 0.15) is 197 Å². The van der Waals surface area contributed by atoms with Gasteiger partial charge in [-0.05, 0) is 112 Å². The van der Waals surface area contributed by atoms with Crippen molar-refractivity contribution >= 4 is 76.6 Å². The molecule has 1 aliphatic carbocycles. The van der Waals surface area contributed by atoms with Crippen molar-refractivity contribution < 1.29 is 81.3 Å². The van der Waals surface area contributed by atoms with Crippen molar-refractivity contribution in [2.24, 2.45) is 16.8 Å². The Labute approximate surface area is 648 Å². The van der Waals surface area contributed by atoms with Crippen molar-refractivity contribution in [2.45, 2.75) is 212 Å². The third-order valence-corrected chi connectivity index (χ3v) is 22.4. The Morgan fingerprint density at radius 2 is 1.19 bits per heavy atom. The van der Waals surface area contributed by atoms with Gasteiger partial charge in [0.15, 0.2) is 29.2 Å². The summed E-state index contributed by atoms with van der Waals surface area (Å²) in [6.45, 7) is 16.5. The number of fused-ring (bicyclic) bond motifs is 4. The van der Waals surface area contributed by atoms with Gasteiger partial charge in [0.05, 0.1) is 121 Å². The number of aliphatic hydroxyl groups is 1. The minimum absolute atomic E-state index is 0.00292. The lowest BCUT2D eigenvalue weighted by molar-refractivity contribution is -0.132. The summed E-state index contributed by atoms with van der Waals surface area (Å²) in [5.41, 5.74) is 3.61. The molecule has 0 saturated heterocycles. The molecule has 0 spiro atoms. The Balaban J connectivity index is 0.716. The van der Waals surface area contributed by atoms with Crippen molar-refractivity contribution in [1.82, 2.24) is 25.8 Å². The number of aliphatic hydroxyl groups excluding tert-OH is 1. The highest BCUT2D eigenvalue weighted by atomic mass is 32.2. The SMILES string of the molecule is C/C=C/C1=CN2C(=O)c3cc(OC)c(OCCCOc4cc5c(cc4OC)C(=O)N4C=C(/C=C/C)C[C@H]4[C@H](O)N5C(=O)OCc4ccc(NC(=O)[C@H](C)NC(=O)[C@@H](NC(=O)CCOCCOCCOCCOCCNC(=O)CSC(CC)(CC)C5CCCCCCCCCCCCC5)C(C)C)cc4)cc3N=C[C@@H]2C1. The standard InChI is InChI=1S/C83H118N8O17S/c1-10-26-60-46-64-52-85-67-50-72(70(100-8)48-65(67)79(96)89(64)53-60)106-36-25-37-107-73-51-68-66(49-71(73)101-9)80(97)90-54-61(27-11-2)47-69(90)81(98)91(68)82(99)108-55-59-30-32-63(33-31-59)87-77(94)58(7)86-78(95)76(57(5)6)88-74(92)34-38-102-40-42-104-44-45-105-43-41-103-39-35-84-75(93)56-109-83(12-3,13-4)62-28-23-21-19-17-15-14-16-18-20-22-24-29-62/h10-11,26-27,30-33,48-54,57-58,62,64,69,76,81,98H,12-25,28-29,34-47,55-56H2,1-9H3,(H,84,93)(H,86,95)(H,87,94)(H,88,92)/b26-10+,27-11+/t58-,64-,69-,76-,81-/m0/s1. The third kappa shape index (κ3) is 25.4. The first kappa shape index (κ1) is 86.3. The molecule has 0 aromatic heterocycles. The van der Waals surface area contributed by atoms with Crippen LogP contribution in [0.2, 0.25) is 0 Å². The molecule has 598 valence electrons. The molecule has 1 saturated carbocycles. The van der Waals surface area contributed by atoms with Gasteiger partial charge in [-0.25, -0.2) is 9.69 Å². The normalized spacial score (nSPS) is 18.5. The van der Waals surface area contributed by atoms with Gasteiger partial charge in [-0.1, -0.05) is 135 Å². The van der Waals surface area contributed by atoms with Gasteiger partial charge in [0.1, 0.15) is 18.7 Å². The van der Waals surface area contributed by atoms with Gasteiger partial charge in [-0.3, -0.25) is 33.8 Å². The second-order valence-corrected chi connectivity index (χ2v) is 30.0. The third-order valence-electron chi connectivity index (χ3n) is 20.5. The number of hydrogen-bond donors (Lipinski definition) is 5. The summed E-state index contributed by atoms with van der Waals surface area (Å²) in [7, 11) is 2.92. The molecule has 0 bridgehead atoms. The summed E-state index contributed by atoms with van der Waals surface area (Å²) < 4.78 is 52.4. The molecular formula is C83H118N8O17S. The zero-order chi connectivity index (χ0) is 78.1. The van der Waals surface area contributed by atoms with Gasteiger partial charge in [0.25, 0.3) is 11.8 Å². The molecule has 5 atom stereocenters. The Morgan fingerprint density at radius 1 is 0.642 bits per heavy atom. The zero-order valence-corrected chi connectivity index (χ0v) is 66.3. The lowest BCUT2D eigenvalue weighted by Gasteiger charge is -2.40. The highest BCUT2D eigenvalue weighted by Gasteiger charge is 2.46. The first-order valence-electron chi connectivity index (χ1n) is 39.3. The highest BCUT2D eigenvalue weighted by molar-refractivity contribution is 8.01. The van der Waals surface area contributed by atoms with Gasteiger partial charge in [-0.2, -0.15) is 0 Å². The number of aliphatic imine (C=N–C) groups is 1. The van der Waals surface area contributed by atoms with Crippen molar-refractivity contribution in [3.63, 3.8) is 0 Å². The smallest absolute Gasteiger partial charge is 0.416 e. The molecule has 4 aliphatic heterocycles. The number of ether oxygens (including phenoxy) is 9. The number of carbonyl (C=O) groups excluding carboxylic acids is 7. The predicted octanol–water partition coefficient (Wildman–Crippen LogP) is 13.2. The molecule has 109 heavy (non-hydrogen) atoms. The molecular weight excluding hydrogens is 1410 g/mol. The van der Waals surface area contributed by atoms with E-state index in [2.05, 4.69) is 40.1 Å². The maximum Gasteiger partial charge on any atom is 0.416 e. The molecule has 25 nitrogen and oxygen atoms in total. The molecule has 0 unspecified atom stereocenters. The molecule has 3 aromatic rings. The monoisotopic (exact) mass is 1530 g/mol. The van der Waals surface area contributed by atoms with Crippen LogP contribution in [-0.4, -0.2) is 190 Å². The first-order chi connectivity index (χ1) is 52.8. The van der Waals surface area contributed by atoms with Crippen LogP contribution in [0.3, 0.4) is 0 Å². The van der Waals surface area contributed by atoms with E-state index in [9.17, 15) is 38.7 Å². The van der Waals surface area contributed by atoms with Crippen LogP contribution < -0.4 is 45.1 Å². The summed E-state index contributed by atoms with van der Waals surface area (Å²) in [6.07, 6.45) is 31.0. The lowest BCUT2D eigenvalue weighted by atomic mass is 9.79. The highest BCUT2D eigenvalue weighted by Crippen LogP contribution is 2.46. The van der Waals surface area contributed by atoms with E-state index in [1.54, 1.807) is 67.6 Å². The Morgan fingerprint density at radius 3 is 1.78 bits per heavy atom. The van der Waals surface area contributed by atoms with E-state index < -0.39 is 54.1 Å². The Hall–Kier alpha value is -8.27. The summed E-state index contributed by atoms with van der Waals surface area (Å²) in [5, 5.41) is 23.5. The summed E-state index contributed by atoms with van der Waals surface area (Å²) in [6, 6.07) is 9.69. The molecule has 0 radical (unpaired) electrons. The lowest BCUT2D eigenvalue weighted by Crippen LogP contribution is -2.53. The van der Waals surface area contributed by atoms with Gasteiger partial charge in [0, 0.05) is 60.6 Å². The number of anilines is 2. The van der Waals surface area contributed by atoms with E-state index in [1.807, 2.05) is 56.1 Å². The van der Waals surface area contributed by atoms with Crippen LogP contribution in [0, 0.1) is 11.8 Å². The molecule has 5 N–H and O–H groups in total. The number of methoxy groups -OCH3 is 2. The van der Waals surface area contributed by atoms with Gasteiger partial charge >= 0.3 is 6.09 Å². The molecule has 7 amide bonds. The second kappa shape index (κ2) is 45.2. The van der Waals surface area contributed by atoms with E-state index in [4.69, 9.17) is 42.6 Å². The molecule has 26 heteroatoms. The van der Waals surface area contributed by atoms with Crippen LogP contribution in [-0.2, 0) is 49.5 Å². The molecule has 8 rings (SSSR count). The number of carbonyl (C=O) groups is 7. The number of rotatable bonds is 39. The van der Waals surface area contributed by atoms with Crippen LogP contribution in [0.25, 0.3) is 0 Å². The maximum atomic E-state index is 14.4. The number of thioether (sulfide) groups is 1. The summed E-state index contributed by atoms with van der Waals surface area (Å²) in [5.74, 6) is -0.175. The largest absolute Gasteiger partial charge is 0.493 e. The van der Waals surface area contributed by atoms with E-state index in [1.165, 1.54) is 122 Å². The van der Waals surface area contributed by atoms with Gasteiger partial charge in [0.2, 0.25) is 23.6 Å². The van der Waals surface area contributed by atoms with E-state index in [0.29, 0.717) is 105 Å². The number of hydrogen-bond acceptors (Lipinski definition) is 19. The van der Waals surface area contributed by atoms with Crippen LogP contribution in [0.5, 0.6) is 23.0 Å². The number of nitrogens with one attached hydrogen (secondary N) is 4. The van der Waals surface area contributed by atoms with Gasteiger partial charge < -0.3 is 78.8 Å². The molecule has 4 heterocycles. The van der Waals surface area contributed by atoms with Crippen LogP contribution >= 0.6 is 11.8 Å². The van der Waals surface area contributed by atoms with Crippen molar-refractivity contribution in [3.05, 3.63) is 113 Å². The number of benzene rings is 3. The van der Waals surface area contributed by atoms with Crippen LogP contribution in [0.15, 0.2) is 101 Å². The fourth-order valence-corrected chi connectivity index (χ4v) is 15.8. The van der Waals surface area contributed by atoms with Gasteiger partial charge in [-0.15, -0.1) is 11.8 Å². The van der Waals surface area contributed by atoms with Crippen molar-refractivity contribution in [2.75, 3.05) is 103 Å². The fourth-order valence-electron chi connectivity index (χ4n) is 14.4. The molecule has 5 aliphatic rings. The van der Waals surface area contributed by atoms with Crippen molar-refractivity contribution in [1.29, 1.82) is 0 Å². The Kier molecular flexibility index (Phi) is 35.8. The average Bonchev–Trinajstić information content (AvgIpc) is 1.61. The Bertz CT molecular complexity index is 3620. The topological polar surface area (TPSA) is 293 Å². The van der Waals surface area contributed by atoms with E-state index in [0.717, 1.165) is 28.9 Å². The second-order valence-electron chi connectivity index (χ2n) is 28.6. The first-order valence-corrected chi connectivity index (χ1v) is 40.3. The predicted molar refractivity (Wildman–Crippen MR) is 423 cm³/mol. The molecule has 3 aromatic carbocycles.